The Balaban J connectivity index is 0.000000236. The van der Waals surface area contributed by atoms with E-state index in [1.807, 2.05) is 0 Å². The van der Waals surface area contributed by atoms with Crippen molar-refractivity contribution in [2.45, 2.75) is 19.3 Å². The lowest BCUT2D eigenvalue weighted by Crippen LogP contribution is -2.24. The number of pyridine rings is 2. The van der Waals surface area contributed by atoms with Crippen LogP contribution < -0.4 is 0 Å². The van der Waals surface area contributed by atoms with Crippen molar-refractivity contribution in [1.29, 1.82) is 0 Å². The van der Waals surface area contributed by atoms with Gasteiger partial charge in [-0.2, -0.15) is 0 Å². The number of halogens is 2. The van der Waals surface area contributed by atoms with Gasteiger partial charge in [0, 0.05) is 29.5 Å². The molecule has 0 amide bonds. The van der Waals surface area contributed by atoms with Crippen LogP contribution in [0.3, 0.4) is 0 Å². The summed E-state index contributed by atoms with van der Waals surface area (Å²) >= 11 is 12.1. The summed E-state index contributed by atoms with van der Waals surface area (Å²) in [5.41, 5.74) is 1.90. The van der Waals surface area contributed by atoms with Crippen molar-refractivity contribution in [2.24, 2.45) is 0 Å². The van der Waals surface area contributed by atoms with Crippen LogP contribution in [0.1, 0.15) is 29.6 Å². The first kappa shape index (κ1) is 18.8. The Labute approximate surface area is 162 Å². The fourth-order valence-corrected chi connectivity index (χ4v) is 3.34. The van der Waals surface area contributed by atoms with Gasteiger partial charge in [0.1, 0.15) is 5.65 Å². The number of likely N-dealkylation sites (tertiary alicyclic amines) is 1. The molecule has 1 saturated heterocycles. The molecule has 5 nitrogen and oxygen atoms in total. The largest absolute Gasteiger partial charge is 0.306 e. The van der Waals surface area contributed by atoms with Gasteiger partial charge in [0.15, 0.2) is 6.29 Å². The summed E-state index contributed by atoms with van der Waals surface area (Å²) in [6.45, 7) is 2.64. The lowest BCUT2D eigenvalue weighted by atomic mass is 10.1. The number of carbonyl (C=O) groups excluding carboxylic acids is 1. The Hall–Kier alpha value is -1.95. The second-order valence-corrected chi connectivity index (χ2v) is 7.17. The minimum Gasteiger partial charge on any atom is -0.306 e. The molecule has 0 spiro atoms. The van der Waals surface area contributed by atoms with Gasteiger partial charge in [0.05, 0.1) is 21.9 Å². The highest BCUT2D eigenvalue weighted by Crippen LogP contribution is 2.28. The number of rotatable bonds is 2. The van der Waals surface area contributed by atoms with Gasteiger partial charge in [0.25, 0.3) is 0 Å². The summed E-state index contributed by atoms with van der Waals surface area (Å²) in [6.07, 6.45) is 11.5. The van der Waals surface area contributed by atoms with E-state index in [2.05, 4.69) is 21.9 Å². The number of piperidine rings is 1. The van der Waals surface area contributed by atoms with Gasteiger partial charge in [-0.15, -0.1) is 0 Å². The number of aromatic nitrogens is 3. The fraction of sp³-hybridized carbons (Fsp3) is 0.316. The molecule has 0 aromatic carbocycles. The molecule has 0 N–H and O–H groups in total. The highest BCUT2D eigenvalue weighted by Gasteiger charge is 2.11. The van der Waals surface area contributed by atoms with E-state index in [1.54, 1.807) is 35.3 Å². The predicted molar refractivity (Wildman–Crippen MR) is 106 cm³/mol. The molecule has 7 heteroatoms. The number of hydrogen-bond donors (Lipinski definition) is 0. The standard InChI is InChI=1S/C13H7Cl2N3O.C6H13N/c14-9-2-10(5-16-4-9)18-6-12(15)11-1-8(7-19)3-17-13(11)18;1-7-5-3-2-4-6-7/h1-7H;2-6H2,1H3. The number of hydrogen-bond acceptors (Lipinski definition) is 4. The summed E-state index contributed by atoms with van der Waals surface area (Å²) in [5, 5.41) is 1.76. The van der Waals surface area contributed by atoms with E-state index in [1.165, 1.54) is 38.5 Å². The molecule has 4 rings (SSSR count). The average Bonchev–Trinajstić information content (AvgIpc) is 2.99. The van der Waals surface area contributed by atoms with Crippen LogP contribution in [0.25, 0.3) is 16.7 Å². The van der Waals surface area contributed by atoms with Crippen LogP contribution in [0, 0.1) is 0 Å². The molecule has 3 aromatic heterocycles. The number of aldehydes is 1. The van der Waals surface area contributed by atoms with E-state index in [9.17, 15) is 4.79 Å². The molecule has 0 bridgehead atoms. The van der Waals surface area contributed by atoms with Crippen LogP contribution in [-0.2, 0) is 0 Å². The highest BCUT2D eigenvalue weighted by molar-refractivity contribution is 6.35. The van der Waals surface area contributed by atoms with Crippen LogP contribution in [0.4, 0.5) is 0 Å². The van der Waals surface area contributed by atoms with Crippen LogP contribution >= 0.6 is 23.2 Å². The van der Waals surface area contributed by atoms with E-state index in [0.717, 1.165) is 12.0 Å². The zero-order valence-electron chi connectivity index (χ0n) is 14.5. The zero-order chi connectivity index (χ0) is 18.5. The first-order valence-electron chi connectivity index (χ1n) is 8.50. The molecule has 0 unspecified atom stereocenters. The van der Waals surface area contributed by atoms with Crippen molar-refractivity contribution in [3.8, 4) is 5.69 Å². The normalized spacial score (nSPS) is 14.7. The van der Waals surface area contributed by atoms with Crippen molar-refractivity contribution >= 4 is 40.5 Å². The minimum absolute atomic E-state index is 0.483. The Bertz CT molecular complexity index is 904. The quantitative estimate of drug-likeness (QED) is 0.597. The summed E-state index contributed by atoms with van der Waals surface area (Å²) in [4.78, 5) is 21.4. The van der Waals surface area contributed by atoms with Crippen LogP contribution in [0.5, 0.6) is 0 Å². The molecule has 136 valence electrons. The zero-order valence-corrected chi connectivity index (χ0v) is 16.0. The number of carbonyl (C=O) groups is 1. The Morgan fingerprint density at radius 3 is 2.46 bits per heavy atom. The Kier molecular flexibility index (Phi) is 6.25. The molecule has 0 radical (unpaired) electrons. The van der Waals surface area contributed by atoms with E-state index in [0.29, 0.717) is 26.6 Å². The van der Waals surface area contributed by atoms with Gasteiger partial charge in [-0.3, -0.25) is 14.3 Å². The van der Waals surface area contributed by atoms with Crippen LogP contribution in [0.2, 0.25) is 10.0 Å². The molecule has 1 fully saturated rings. The van der Waals surface area contributed by atoms with Gasteiger partial charge in [-0.25, -0.2) is 4.98 Å². The van der Waals surface area contributed by atoms with E-state index in [-0.39, 0.29) is 0 Å². The van der Waals surface area contributed by atoms with Crippen molar-refractivity contribution in [2.75, 3.05) is 20.1 Å². The summed E-state index contributed by atoms with van der Waals surface area (Å²) in [5.74, 6) is 0. The van der Waals surface area contributed by atoms with Crippen molar-refractivity contribution < 1.29 is 4.79 Å². The molecule has 4 heterocycles. The highest BCUT2D eigenvalue weighted by atomic mass is 35.5. The third kappa shape index (κ3) is 4.41. The first-order chi connectivity index (χ1) is 12.6. The van der Waals surface area contributed by atoms with Crippen molar-refractivity contribution in [3.05, 3.63) is 52.5 Å². The summed E-state index contributed by atoms with van der Waals surface area (Å²) < 4.78 is 1.78. The second kappa shape index (κ2) is 8.62. The number of fused-ring (bicyclic) bond motifs is 1. The first-order valence-corrected chi connectivity index (χ1v) is 9.25. The third-order valence-electron chi connectivity index (χ3n) is 4.30. The van der Waals surface area contributed by atoms with E-state index < -0.39 is 0 Å². The Morgan fingerprint density at radius 2 is 1.85 bits per heavy atom. The maximum Gasteiger partial charge on any atom is 0.151 e. The second-order valence-electron chi connectivity index (χ2n) is 6.33. The minimum atomic E-state index is 0.483. The van der Waals surface area contributed by atoms with Crippen LogP contribution in [-0.4, -0.2) is 45.9 Å². The van der Waals surface area contributed by atoms with E-state index in [4.69, 9.17) is 23.2 Å². The molecule has 3 aromatic rings. The summed E-state index contributed by atoms with van der Waals surface area (Å²) in [7, 11) is 2.19. The average molecular weight is 391 g/mol. The van der Waals surface area contributed by atoms with Gasteiger partial charge in [-0.1, -0.05) is 29.6 Å². The van der Waals surface area contributed by atoms with E-state index >= 15 is 0 Å². The summed E-state index contributed by atoms with van der Waals surface area (Å²) in [6, 6.07) is 3.46. The van der Waals surface area contributed by atoms with Crippen molar-refractivity contribution in [1.82, 2.24) is 19.4 Å². The SMILES string of the molecule is CN1CCCCC1.O=Cc1cnc2c(c1)c(Cl)cn2-c1cncc(Cl)c1. The topological polar surface area (TPSA) is 51.0 Å². The van der Waals surface area contributed by atoms with Gasteiger partial charge < -0.3 is 4.90 Å². The lowest BCUT2D eigenvalue weighted by Gasteiger charge is -2.20. The lowest BCUT2D eigenvalue weighted by molar-refractivity contribution is 0.112. The molecule has 1 aliphatic heterocycles. The smallest absolute Gasteiger partial charge is 0.151 e. The molecular formula is C19H20Cl2N4O. The molecule has 0 saturated carbocycles. The molecule has 0 atom stereocenters. The predicted octanol–water partition coefficient (Wildman–Crippen LogP) is 4.64. The van der Waals surface area contributed by atoms with Gasteiger partial charge in [-0.05, 0) is 45.1 Å². The molecule has 26 heavy (non-hydrogen) atoms. The third-order valence-corrected chi connectivity index (χ3v) is 4.81. The van der Waals surface area contributed by atoms with Gasteiger partial charge in [0.2, 0.25) is 0 Å². The Morgan fingerprint density at radius 1 is 1.08 bits per heavy atom. The molecular weight excluding hydrogens is 371 g/mol. The molecule has 1 aliphatic rings. The van der Waals surface area contributed by atoms with Gasteiger partial charge >= 0.3 is 0 Å². The van der Waals surface area contributed by atoms with Crippen LogP contribution in [0.15, 0.2) is 36.9 Å². The maximum atomic E-state index is 10.8. The monoisotopic (exact) mass is 390 g/mol. The van der Waals surface area contributed by atoms with Crippen molar-refractivity contribution in [3.63, 3.8) is 0 Å². The fourth-order valence-electron chi connectivity index (χ4n) is 2.93. The maximum absolute atomic E-state index is 10.8. The number of nitrogens with zero attached hydrogens (tertiary/aromatic N) is 4. The molecule has 0 aliphatic carbocycles.